The lowest BCUT2D eigenvalue weighted by molar-refractivity contribution is -0.114. The number of thiazole rings is 1. The number of carbonyl (C=O) groups is 2. The Morgan fingerprint density at radius 3 is 2.52 bits per heavy atom. The summed E-state index contributed by atoms with van der Waals surface area (Å²) in [4.78, 5) is 31.6. The van der Waals surface area contributed by atoms with Crippen molar-refractivity contribution in [2.45, 2.75) is 20.8 Å². The fourth-order valence-corrected chi connectivity index (χ4v) is 3.88. The summed E-state index contributed by atoms with van der Waals surface area (Å²) in [6.07, 6.45) is 0. The molecular weight excluding hydrogens is 384 g/mol. The third-order valence-electron chi connectivity index (χ3n) is 4.80. The lowest BCUT2D eigenvalue weighted by Crippen LogP contribution is -2.11. The minimum atomic E-state index is -0.188. The first-order chi connectivity index (χ1) is 13.9. The molecule has 4 aromatic rings. The Balaban J connectivity index is 1.50. The number of hydrogen-bond acceptors (Lipinski definition) is 4. The van der Waals surface area contributed by atoms with E-state index < -0.39 is 0 Å². The van der Waals surface area contributed by atoms with Gasteiger partial charge in [0.25, 0.3) is 5.91 Å². The Hall–Kier alpha value is -3.45. The number of aromatic amines is 1. The van der Waals surface area contributed by atoms with E-state index in [-0.39, 0.29) is 11.8 Å². The molecule has 0 spiro atoms. The van der Waals surface area contributed by atoms with Crippen LogP contribution in [0.25, 0.3) is 22.2 Å². The van der Waals surface area contributed by atoms with Crippen LogP contribution >= 0.6 is 11.3 Å². The van der Waals surface area contributed by atoms with Gasteiger partial charge in [-0.05, 0) is 49.7 Å². The molecule has 0 saturated heterocycles. The minimum absolute atomic E-state index is 0.111. The van der Waals surface area contributed by atoms with Crippen LogP contribution in [0.5, 0.6) is 0 Å². The maximum absolute atomic E-state index is 12.7. The smallest absolute Gasteiger partial charge is 0.257 e. The number of aryl methyl sites for hydroxylation is 2. The average Bonchev–Trinajstić information content (AvgIpc) is 3.26. The van der Waals surface area contributed by atoms with Crippen LogP contribution in [0.3, 0.4) is 0 Å². The zero-order valence-electron chi connectivity index (χ0n) is 16.3. The minimum Gasteiger partial charge on any atom is -0.358 e. The standard InChI is InChI=1S/C22H20N4O2S/c1-12-13(2)23-19-9-6-16(10-18(12)19)21(28)26-22-25-20(11-29-22)15-4-7-17(8-5-15)24-14(3)27/h4-11,23H,1-3H3,(H,24,27)(H,25,26,28). The topological polar surface area (TPSA) is 86.9 Å². The number of nitrogens with one attached hydrogen (secondary N) is 3. The molecule has 0 saturated carbocycles. The van der Waals surface area contributed by atoms with Crippen LogP contribution in [0.1, 0.15) is 28.5 Å². The predicted molar refractivity (Wildman–Crippen MR) is 118 cm³/mol. The first-order valence-corrected chi connectivity index (χ1v) is 10.0. The predicted octanol–water partition coefficient (Wildman–Crippen LogP) is 5.12. The number of H-pyrrole nitrogens is 1. The summed E-state index contributed by atoms with van der Waals surface area (Å²) in [5.41, 5.74) is 6.28. The van der Waals surface area contributed by atoms with Crippen molar-refractivity contribution in [1.29, 1.82) is 0 Å². The van der Waals surface area contributed by atoms with Crippen LogP contribution in [-0.4, -0.2) is 21.8 Å². The molecule has 3 N–H and O–H groups in total. The molecule has 0 fully saturated rings. The zero-order valence-corrected chi connectivity index (χ0v) is 17.1. The van der Waals surface area contributed by atoms with Gasteiger partial charge < -0.3 is 10.3 Å². The molecule has 4 rings (SSSR count). The van der Waals surface area contributed by atoms with Crippen LogP contribution in [0.2, 0.25) is 0 Å². The SMILES string of the molecule is CC(=O)Nc1ccc(-c2csc(NC(=O)c3ccc4[nH]c(C)c(C)c4c3)n2)cc1. The molecule has 146 valence electrons. The molecule has 2 amide bonds. The monoisotopic (exact) mass is 404 g/mol. The van der Waals surface area contributed by atoms with E-state index in [4.69, 9.17) is 0 Å². The van der Waals surface area contributed by atoms with E-state index in [1.165, 1.54) is 18.3 Å². The van der Waals surface area contributed by atoms with Crippen molar-refractivity contribution in [3.8, 4) is 11.3 Å². The van der Waals surface area contributed by atoms with Gasteiger partial charge in [0.05, 0.1) is 5.69 Å². The van der Waals surface area contributed by atoms with E-state index in [1.54, 1.807) is 0 Å². The molecule has 7 heteroatoms. The first kappa shape index (κ1) is 18.9. The molecule has 0 unspecified atom stereocenters. The van der Waals surface area contributed by atoms with Crippen molar-refractivity contribution in [2.75, 3.05) is 10.6 Å². The molecule has 2 heterocycles. The maximum Gasteiger partial charge on any atom is 0.257 e. The Kier molecular flexibility index (Phi) is 4.90. The van der Waals surface area contributed by atoms with Crippen molar-refractivity contribution in [3.63, 3.8) is 0 Å². The molecule has 0 aliphatic carbocycles. The molecule has 2 aromatic heterocycles. The quantitative estimate of drug-likeness (QED) is 0.441. The molecule has 6 nitrogen and oxygen atoms in total. The van der Waals surface area contributed by atoms with Crippen molar-refractivity contribution >= 4 is 44.9 Å². The third-order valence-corrected chi connectivity index (χ3v) is 5.55. The van der Waals surface area contributed by atoms with Crippen LogP contribution in [0.4, 0.5) is 10.8 Å². The molecule has 0 bridgehead atoms. The molecule has 0 aliphatic heterocycles. The molecule has 29 heavy (non-hydrogen) atoms. The molecule has 2 aromatic carbocycles. The summed E-state index contributed by atoms with van der Waals surface area (Å²) < 4.78 is 0. The lowest BCUT2D eigenvalue weighted by atomic mass is 10.1. The number of fused-ring (bicyclic) bond motifs is 1. The molecular formula is C22H20N4O2S. The van der Waals surface area contributed by atoms with Gasteiger partial charge in [-0.25, -0.2) is 4.98 Å². The second-order valence-corrected chi connectivity index (χ2v) is 7.74. The number of aromatic nitrogens is 2. The van der Waals surface area contributed by atoms with Gasteiger partial charge in [-0.1, -0.05) is 12.1 Å². The number of amides is 2. The Morgan fingerprint density at radius 2 is 1.79 bits per heavy atom. The highest BCUT2D eigenvalue weighted by atomic mass is 32.1. The Bertz CT molecular complexity index is 1220. The summed E-state index contributed by atoms with van der Waals surface area (Å²) in [7, 11) is 0. The van der Waals surface area contributed by atoms with Gasteiger partial charge >= 0.3 is 0 Å². The zero-order chi connectivity index (χ0) is 20.5. The summed E-state index contributed by atoms with van der Waals surface area (Å²) in [6, 6.07) is 13.1. The van der Waals surface area contributed by atoms with Crippen LogP contribution in [0.15, 0.2) is 47.8 Å². The van der Waals surface area contributed by atoms with E-state index in [2.05, 4.69) is 20.6 Å². The van der Waals surface area contributed by atoms with E-state index in [1.807, 2.05) is 61.7 Å². The number of hydrogen-bond donors (Lipinski definition) is 3. The summed E-state index contributed by atoms with van der Waals surface area (Å²) in [5.74, 6) is -0.299. The van der Waals surface area contributed by atoms with Gasteiger partial charge in [0.2, 0.25) is 5.91 Å². The van der Waals surface area contributed by atoms with Crippen molar-refractivity contribution in [2.24, 2.45) is 0 Å². The van der Waals surface area contributed by atoms with Gasteiger partial charge in [0.15, 0.2) is 5.13 Å². The van der Waals surface area contributed by atoms with E-state index >= 15 is 0 Å². The summed E-state index contributed by atoms with van der Waals surface area (Å²) in [5, 5.41) is 9.10. The maximum atomic E-state index is 12.7. The van der Waals surface area contributed by atoms with Gasteiger partial charge in [-0.3, -0.25) is 14.9 Å². The Labute approximate surface area is 172 Å². The molecule has 0 aliphatic rings. The van der Waals surface area contributed by atoms with Gasteiger partial charge in [0, 0.05) is 45.7 Å². The number of nitrogens with zero attached hydrogens (tertiary/aromatic N) is 1. The fourth-order valence-electron chi connectivity index (χ4n) is 3.16. The number of rotatable bonds is 4. The highest BCUT2D eigenvalue weighted by Crippen LogP contribution is 2.27. The largest absolute Gasteiger partial charge is 0.358 e. The third kappa shape index (κ3) is 3.90. The first-order valence-electron chi connectivity index (χ1n) is 9.14. The van der Waals surface area contributed by atoms with Crippen LogP contribution < -0.4 is 10.6 Å². The highest BCUT2D eigenvalue weighted by Gasteiger charge is 2.12. The van der Waals surface area contributed by atoms with Crippen molar-refractivity contribution < 1.29 is 9.59 Å². The number of benzene rings is 2. The number of anilines is 2. The van der Waals surface area contributed by atoms with Crippen molar-refractivity contribution in [1.82, 2.24) is 9.97 Å². The highest BCUT2D eigenvalue weighted by molar-refractivity contribution is 7.14. The molecule has 0 atom stereocenters. The second-order valence-electron chi connectivity index (χ2n) is 6.89. The van der Waals surface area contributed by atoms with Crippen molar-refractivity contribution in [3.05, 3.63) is 64.7 Å². The van der Waals surface area contributed by atoms with Gasteiger partial charge in [0.1, 0.15) is 0 Å². The normalized spacial score (nSPS) is 10.9. The van der Waals surface area contributed by atoms with E-state index in [0.29, 0.717) is 10.7 Å². The van der Waals surface area contributed by atoms with E-state index in [0.717, 1.165) is 39.1 Å². The van der Waals surface area contributed by atoms with Gasteiger partial charge in [-0.15, -0.1) is 11.3 Å². The van der Waals surface area contributed by atoms with Crippen LogP contribution in [0, 0.1) is 13.8 Å². The average molecular weight is 404 g/mol. The van der Waals surface area contributed by atoms with E-state index in [9.17, 15) is 9.59 Å². The number of carbonyl (C=O) groups excluding carboxylic acids is 2. The summed E-state index contributed by atoms with van der Waals surface area (Å²) >= 11 is 1.37. The summed E-state index contributed by atoms with van der Waals surface area (Å²) in [6.45, 7) is 5.54. The van der Waals surface area contributed by atoms with Gasteiger partial charge in [-0.2, -0.15) is 0 Å². The fraction of sp³-hybridized carbons (Fsp3) is 0.136. The molecule has 0 radical (unpaired) electrons. The Morgan fingerprint density at radius 1 is 1.03 bits per heavy atom. The second kappa shape index (κ2) is 7.52. The van der Waals surface area contributed by atoms with Crippen LogP contribution in [-0.2, 0) is 4.79 Å². The lowest BCUT2D eigenvalue weighted by Gasteiger charge is -2.03.